The van der Waals surface area contributed by atoms with E-state index in [1.165, 1.54) is 6.07 Å². The van der Waals surface area contributed by atoms with Crippen LogP contribution >= 0.6 is 0 Å². The molecule has 1 fully saturated rings. The van der Waals surface area contributed by atoms with Crippen LogP contribution in [0.2, 0.25) is 0 Å². The molecule has 0 aliphatic carbocycles. The summed E-state index contributed by atoms with van der Waals surface area (Å²) in [5.41, 5.74) is 1.01. The summed E-state index contributed by atoms with van der Waals surface area (Å²) in [6.45, 7) is 10.8. The highest BCUT2D eigenvalue weighted by Gasteiger charge is 2.26. The summed E-state index contributed by atoms with van der Waals surface area (Å²) in [6.07, 6.45) is 1.65. The van der Waals surface area contributed by atoms with Crippen molar-refractivity contribution >= 4 is 17.5 Å². The zero-order valence-electron chi connectivity index (χ0n) is 15.4. The van der Waals surface area contributed by atoms with Gasteiger partial charge in [-0.15, -0.1) is 6.58 Å². The largest absolute Gasteiger partial charge is 0.352 e. The van der Waals surface area contributed by atoms with Gasteiger partial charge in [0.15, 0.2) is 0 Å². The van der Waals surface area contributed by atoms with Crippen LogP contribution in [-0.2, 0) is 9.59 Å². The molecule has 2 amide bonds. The van der Waals surface area contributed by atoms with E-state index in [2.05, 4.69) is 27.0 Å². The lowest BCUT2D eigenvalue weighted by molar-refractivity contribution is -0.124. The van der Waals surface area contributed by atoms with Crippen molar-refractivity contribution in [2.75, 3.05) is 44.6 Å². The summed E-state index contributed by atoms with van der Waals surface area (Å²) in [5, 5.41) is 5.53. The number of carbonyl (C=O) groups is 2. The van der Waals surface area contributed by atoms with Gasteiger partial charge in [-0.05, 0) is 31.5 Å². The first-order valence-electron chi connectivity index (χ1n) is 8.81. The fourth-order valence-electron chi connectivity index (χ4n) is 2.84. The molecule has 1 aromatic carbocycles. The Hall–Kier alpha value is -2.25. The van der Waals surface area contributed by atoms with Crippen molar-refractivity contribution in [2.45, 2.75) is 19.9 Å². The van der Waals surface area contributed by atoms with Crippen LogP contribution in [-0.4, -0.2) is 66.9 Å². The molecule has 1 aromatic rings. The fraction of sp³-hybridized carbons (Fsp3) is 0.474. The quantitative estimate of drug-likeness (QED) is 0.720. The van der Waals surface area contributed by atoms with Gasteiger partial charge in [0.25, 0.3) is 0 Å². The molecule has 1 saturated heterocycles. The van der Waals surface area contributed by atoms with E-state index in [1.807, 2.05) is 6.92 Å². The first-order chi connectivity index (χ1) is 12.4. The van der Waals surface area contributed by atoms with E-state index >= 15 is 0 Å². The second-order valence-corrected chi connectivity index (χ2v) is 6.53. The maximum absolute atomic E-state index is 13.6. The predicted octanol–water partition coefficient (Wildman–Crippen LogP) is 1.38. The van der Waals surface area contributed by atoms with Crippen molar-refractivity contribution in [1.82, 2.24) is 15.1 Å². The number of amides is 2. The lowest BCUT2D eigenvalue weighted by Gasteiger charge is -2.37. The lowest BCUT2D eigenvalue weighted by atomic mass is 10.2. The number of nitrogens with one attached hydrogen (secondary N) is 2. The van der Waals surface area contributed by atoms with Gasteiger partial charge in [0, 0.05) is 38.4 Å². The van der Waals surface area contributed by atoms with E-state index < -0.39 is 0 Å². The SMILES string of the molecule is C=CCNC(=O)CN1CCN(C(C)C(=O)Nc2ccc(C)c(F)c2)CC1. The van der Waals surface area contributed by atoms with Crippen molar-refractivity contribution in [1.29, 1.82) is 0 Å². The van der Waals surface area contributed by atoms with Crippen LogP contribution in [0.25, 0.3) is 0 Å². The van der Waals surface area contributed by atoms with Crippen molar-refractivity contribution in [3.05, 3.63) is 42.2 Å². The van der Waals surface area contributed by atoms with Crippen LogP contribution in [0, 0.1) is 12.7 Å². The maximum Gasteiger partial charge on any atom is 0.241 e. The smallest absolute Gasteiger partial charge is 0.241 e. The average molecular weight is 362 g/mol. The number of anilines is 1. The monoisotopic (exact) mass is 362 g/mol. The number of nitrogens with zero attached hydrogens (tertiary/aromatic N) is 2. The second-order valence-electron chi connectivity index (χ2n) is 6.53. The van der Waals surface area contributed by atoms with E-state index in [4.69, 9.17) is 0 Å². The molecule has 142 valence electrons. The highest BCUT2D eigenvalue weighted by Crippen LogP contribution is 2.15. The van der Waals surface area contributed by atoms with E-state index in [0.29, 0.717) is 37.4 Å². The summed E-state index contributed by atoms with van der Waals surface area (Å²) >= 11 is 0. The Bertz CT molecular complexity index is 657. The van der Waals surface area contributed by atoms with Crippen molar-refractivity contribution < 1.29 is 14.0 Å². The molecule has 2 rings (SSSR count). The molecular weight excluding hydrogens is 335 g/mol. The van der Waals surface area contributed by atoms with Gasteiger partial charge in [-0.25, -0.2) is 4.39 Å². The molecule has 7 heteroatoms. The third kappa shape index (κ3) is 5.64. The molecule has 6 nitrogen and oxygen atoms in total. The molecule has 0 saturated carbocycles. The van der Waals surface area contributed by atoms with Gasteiger partial charge in [0.1, 0.15) is 5.82 Å². The summed E-state index contributed by atoms with van der Waals surface area (Å²) in [5.74, 6) is -0.519. The molecular formula is C19H27FN4O2. The molecule has 1 aliphatic heterocycles. The van der Waals surface area contributed by atoms with Crippen molar-refractivity contribution in [3.8, 4) is 0 Å². The fourth-order valence-corrected chi connectivity index (χ4v) is 2.84. The summed E-state index contributed by atoms with van der Waals surface area (Å²) in [6, 6.07) is 4.35. The minimum absolute atomic E-state index is 0.0226. The molecule has 0 spiro atoms. The van der Waals surface area contributed by atoms with Crippen molar-refractivity contribution in [2.24, 2.45) is 0 Å². The Kier molecular flexibility index (Phi) is 7.29. The van der Waals surface area contributed by atoms with Gasteiger partial charge in [-0.1, -0.05) is 12.1 Å². The van der Waals surface area contributed by atoms with Gasteiger partial charge in [-0.2, -0.15) is 0 Å². The number of benzene rings is 1. The number of halogens is 1. The Labute approximate surface area is 154 Å². The normalized spacial score (nSPS) is 16.7. The number of hydrogen-bond acceptors (Lipinski definition) is 4. The minimum atomic E-state index is -0.334. The van der Waals surface area contributed by atoms with Gasteiger partial charge in [-0.3, -0.25) is 19.4 Å². The Morgan fingerprint density at radius 3 is 2.62 bits per heavy atom. The number of aryl methyl sites for hydroxylation is 1. The summed E-state index contributed by atoms with van der Waals surface area (Å²) < 4.78 is 13.6. The molecule has 1 heterocycles. The number of hydrogen-bond donors (Lipinski definition) is 2. The molecule has 0 aromatic heterocycles. The van der Waals surface area contributed by atoms with Crippen LogP contribution in [0.4, 0.5) is 10.1 Å². The van der Waals surface area contributed by atoms with E-state index in [9.17, 15) is 14.0 Å². The Morgan fingerprint density at radius 2 is 2.00 bits per heavy atom. The first kappa shape index (κ1) is 20.1. The number of piperazine rings is 1. The zero-order chi connectivity index (χ0) is 19.1. The molecule has 0 radical (unpaired) electrons. The summed E-state index contributed by atoms with van der Waals surface area (Å²) in [7, 11) is 0. The summed E-state index contributed by atoms with van der Waals surface area (Å²) in [4.78, 5) is 28.3. The third-order valence-electron chi connectivity index (χ3n) is 4.58. The molecule has 2 N–H and O–H groups in total. The van der Waals surface area contributed by atoms with Crippen molar-refractivity contribution in [3.63, 3.8) is 0 Å². The van der Waals surface area contributed by atoms with Gasteiger partial charge >= 0.3 is 0 Å². The van der Waals surface area contributed by atoms with Crippen LogP contribution in [0.3, 0.4) is 0 Å². The van der Waals surface area contributed by atoms with Crippen LogP contribution in [0.1, 0.15) is 12.5 Å². The van der Waals surface area contributed by atoms with Crippen LogP contribution < -0.4 is 10.6 Å². The Morgan fingerprint density at radius 1 is 1.31 bits per heavy atom. The molecule has 1 atom stereocenters. The lowest BCUT2D eigenvalue weighted by Crippen LogP contribution is -2.54. The zero-order valence-corrected chi connectivity index (χ0v) is 15.4. The topological polar surface area (TPSA) is 64.7 Å². The predicted molar refractivity (Wildman–Crippen MR) is 100 cm³/mol. The Balaban J connectivity index is 1.80. The number of rotatable bonds is 7. The highest BCUT2D eigenvalue weighted by molar-refractivity contribution is 5.94. The van der Waals surface area contributed by atoms with E-state index in [1.54, 1.807) is 25.1 Å². The van der Waals surface area contributed by atoms with Gasteiger partial charge in [0.05, 0.1) is 12.6 Å². The van der Waals surface area contributed by atoms with Gasteiger partial charge in [0.2, 0.25) is 11.8 Å². The maximum atomic E-state index is 13.6. The second kappa shape index (κ2) is 9.45. The molecule has 26 heavy (non-hydrogen) atoms. The average Bonchev–Trinajstić information content (AvgIpc) is 2.63. The highest BCUT2D eigenvalue weighted by atomic mass is 19.1. The van der Waals surface area contributed by atoms with Crippen LogP contribution in [0.5, 0.6) is 0 Å². The molecule has 1 aliphatic rings. The third-order valence-corrected chi connectivity index (χ3v) is 4.58. The number of carbonyl (C=O) groups excluding carboxylic acids is 2. The van der Waals surface area contributed by atoms with Crippen LogP contribution in [0.15, 0.2) is 30.9 Å². The first-order valence-corrected chi connectivity index (χ1v) is 8.81. The van der Waals surface area contributed by atoms with E-state index in [-0.39, 0.29) is 23.7 Å². The minimum Gasteiger partial charge on any atom is -0.352 e. The van der Waals surface area contributed by atoms with E-state index in [0.717, 1.165) is 13.1 Å². The molecule has 1 unspecified atom stereocenters. The molecule has 0 bridgehead atoms. The van der Waals surface area contributed by atoms with Gasteiger partial charge < -0.3 is 10.6 Å². The standard InChI is InChI=1S/C19H27FN4O2/c1-4-7-21-18(25)13-23-8-10-24(11-9-23)15(3)19(26)22-16-6-5-14(2)17(20)12-16/h4-6,12,15H,1,7-11,13H2,2-3H3,(H,21,25)(H,22,26).